The van der Waals surface area contributed by atoms with Crippen LogP contribution in [0.3, 0.4) is 0 Å². The van der Waals surface area contributed by atoms with E-state index >= 15 is 0 Å². The van der Waals surface area contributed by atoms with Crippen molar-refractivity contribution in [2.45, 2.75) is 26.9 Å². The van der Waals surface area contributed by atoms with Crippen LogP contribution in [0.4, 0.5) is 4.39 Å². The fourth-order valence-corrected chi connectivity index (χ4v) is 0.449. The van der Waals surface area contributed by atoms with Gasteiger partial charge < -0.3 is 0 Å². The monoisotopic (exact) mass is 142 g/mol. The summed E-state index contributed by atoms with van der Waals surface area (Å²) in [5.41, 5.74) is -0.0830. The van der Waals surface area contributed by atoms with Crippen LogP contribution in [0.5, 0.6) is 0 Å². The summed E-state index contributed by atoms with van der Waals surface area (Å²) >= 11 is 0. The van der Waals surface area contributed by atoms with Gasteiger partial charge in [-0.15, -0.1) is 6.58 Å². The summed E-state index contributed by atoms with van der Waals surface area (Å²) < 4.78 is 12.2. The molecule has 0 rings (SSSR count). The molecule has 1 unspecified atom stereocenters. The Morgan fingerprint density at radius 3 is 2.30 bits per heavy atom. The smallest absolute Gasteiger partial charge is 0.115 e. The second-order valence-electron chi connectivity index (χ2n) is 3.06. The zero-order valence-electron chi connectivity index (χ0n) is 6.89. The summed E-state index contributed by atoms with van der Waals surface area (Å²) in [4.78, 5) is 0. The number of hydrogen-bond acceptors (Lipinski definition) is 0. The Kier molecular flexibility index (Phi) is 3.34. The van der Waals surface area contributed by atoms with Crippen LogP contribution in [0.15, 0.2) is 24.8 Å². The topological polar surface area (TPSA) is 0 Å². The van der Waals surface area contributed by atoms with Crippen LogP contribution in [0.25, 0.3) is 0 Å². The Bertz CT molecular complexity index is 132. The number of allylic oxidation sites excluding steroid dienone is 3. The Morgan fingerprint density at radius 1 is 1.50 bits per heavy atom. The maximum absolute atomic E-state index is 12.2. The van der Waals surface area contributed by atoms with Crippen LogP contribution in [-0.2, 0) is 0 Å². The predicted octanol–water partition coefficient (Wildman–Crippen LogP) is 3.11. The van der Waals surface area contributed by atoms with Crippen molar-refractivity contribution in [2.24, 2.45) is 5.41 Å². The number of hydrogen-bond donors (Lipinski definition) is 0. The first kappa shape index (κ1) is 9.41. The fraction of sp³-hybridized carbons (Fsp3) is 0.556. The minimum atomic E-state index is -0.862. The minimum absolute atomic E-state index is 0.0830. The molecule has 0 N–H and O–H groups in total. The van der Waals surface area contributed by atoms with Crippen molar-refractivity contribution in [3.8, 4) is 0 Å². The molecule has 0 radical (unpaired) electrons. The summed E-state index contributed by atoms with van der Waals surface area (Å²) in [6, 6.07) is 0. The van der Waals surface area contributed by atoms with E-state index in [1.807, 2.05) is 19.9 Å². The van der Waals surface area contributed by atoms with E-state index in [1.54, 1.807) is 12.2 Å². The third kappa shape index (κ3) is 4.30. The van der Waals surface area contributed by atoms with E-state index in [0.29, 0.717) is 0 Å². The lowest BCUT2D eigenvalue weighted by molar-refractivity contribution is 0.426. The molecule has 1 atom stereocenters. The maximum atomic E-state index is 12.2. The van der Waals surface area contributed by atoms with Crippen LogP contribution in [0.1, 0.15) is 20.8 Å². The number of halogens is 1. The lowest BCUT2D eigenvalue weighted by Crippen LogP contribution is -2.02. The maximum Gasteiger partial charge on any atom is 0.115 e. The first-order valence-electron chi connectivity index (χ1n) is 3.45. The van der Waals surface area contributed by atoms with Crippen LogP contribution in [0.2, 0.25) is 0 Å². The number of rotatable bonds is 3. The molecule has 0 fully saturated rings. The fourth-order valence-electron chi connectivity index (χ4n) is 0.449. The van der Waals surface area contributed by atoms with E-state index in [2.05, 4.69) is 6.58 Å². The highest BCUT2D eigenvalue weighted by molar-refractivity contribution is 5.05. The first-order valence-corrected chi connectivity index (χ1v) is 3.45. The molecule has 0 bridgehead atoms. The zero-order chi connectivity index (χ0) is 8.20. The molecule has 0 heterocycles. The van der Waals surface area contributed by atoms with Crippen LogP contribution >= 0.6 is 0 Å². The van der Waals surface area contributed by atoms with Gasteiger partial charge in [-0.3, -0.25) is 0 Å². The van der Waals surface area contributed by atoms with Gasteiger partial charge in [0.2, 0.25) is 0 Å². The van der Waals surface area contributed by atoms with Gasteiger partial charge in [-0.2, -0.15) is 0 Å². The van der Waals surface area contributed by atoms with Crippen LogP contribution in [0, 0.1) is 5.41 Å². The van der Waals surface area contributed by atoms with E-state index in [4.69, 9.17) is 0 Å². The molecule has 10 heavy (non-hydrogen) atoms. The standard InChI is InChI=1S/C9H15F/c1-5-9(3,4)7-6-8(2)10/h5-8H,1H2,2-4H3. The van der Waals surface area contributed by atoms with Crippen molar-refractivity contribution in [1.29, 1.82) is 0 Å². The molecule has 0 spiro atoms. The Balaban J connectivity index is 3.98. The third-order valence-electron chi connectivity index (χ3n) is 1.32. The highest BCUT2D eigenvalue weighted by Gasteiger charge is 2.06. The number of alkyl halides is 1. The summed E-state index contributed by atoms with van der Waals surface area (Å²) in [7, 11) is 0. The molecule has 0 aliphatic carbocycles. The van der Waals surface area contributed by atoms with Crippen molar-refractivity contribution >= 4 is 0 Å². The van der Waals surface area contributed by atoms with Gasteiger partial charge in [0, 0.05) is 5.41 Å². The molecule has 0 amide bonds. The van der Waals surface area contributed by atoms with E-state index in [-0.39, 0.29) is 5.41 Å². The molecular formula is C9H15F. The van der Waals surface area contributed by atoms with Crippen LogP contribution in [-0.4, -0.2) is 6.17 Å². The second-order valence-corrected chi connectivity index (χ2v) is 3.06. The van der Waals surface area contributed by atoms with Gasteiger partial charge in [0.25, 0.3) is 0 Å². The summed E-state index contributed by atoms with van der Waals surface area (Å²) in [5, 5.41) is 0. The Hall–Kier alpha value is -0.590. The molecule has 58 valence electrons. The van der Waals surface area contributed by atoms with Gasteiger partial charge >= 0.3 is 0 Å². The molecule has 0 saturated carbocycles. The Labute approximate surface area is 62.4 Å². The molecule has 0 aromatic carbocycles. The molecule has 0 aromatic rings. The summed E-state index contributed by atoms with van der Waals surface area (Å²) in [6.07, 6.45) is 4.30. The highest BCUT2D eigenvalue weighted by Crippen LogP contribution is 2.18. The second kappa shape index (κ2) is 3.55. The van der Waals surface area contributed by atoms with E-state index < -0.39 is 6.17 Å². The highest BCUT2D eigenvalue weighted by atomic mass is 19.1. The molecule has 1 heteroatoms. The quantitative estimate of drug-likeness (QED) is 0.531. The average Bonchev–Trinajstić information content (AvgIpc) is 1.85. The lowest BCUT2D eigenvalue weighted by Gasteiger charge is -2.12. The molecule has 0 aliphatic heterocycles. The molecular weight excluding hydrogens is 127 g/mol. The van der Waals surface area contributed by atoms with Gasteiger partial charge in [-0.1, -0.05) is 32.1 Å². The van der Waals surface area contributed by atoms with Gasteiger partial charge in [0.15, 0.2) is 0 Å². The van der Waals surface area contributed by atoms with Crippen molar-refractivity contribution < 1.29 is 4.39 Å². The Morgan fingerprint density at radius 2 is 2.00 bits per heavy atom. The van der Waals surface area contributed by atoms with Crippen LogP contribution < -0.4 is 0 Å². The zero-order valence-corrected chi connectivity index (χ0v) is 6.89. The van der Waals surface area contributed by atoms with Crippen molar-refractivity contribution in [1.82, 2.24) is 0 Å². The van der Waals surface area contributed by atoms with Crippen molar-refractivity contribution in [3.63, 3.8) is 0 Å². The largest absolute Gasteiger partial charge is 0.243 e. The van der Waals surface area contributed by atoms with Crippen molar-refractivity contribution in [2.75, 3.05) is 0 Å². The van der Waals surface area contributed by atoms with Gasteiger partial charge in [0.05, 0.1) is 0 Å². The van der Waals surface area contributed by atoms with E-state index in [9.17, 15) is 4.39 Å². The van der Waals surface area contributed by atoms with Gasteiger partial charge in [-0.25, -0.2) is 4.39 Å². The van der Waals surface area contributed by atoms with Crippen molar-refractivity contribution in [3.05, 3.63) is 24.8 Å². The summed E-state index contributed by atoms with van der Waals surface area (Å²) in [5.74, 6) is 0. The molecule has 0 saturated heterocycles. The summed E-state index contributed by atoms with van der Waals surface area (Å²) in [6.45, 7) is 9.12. The molecule has 0 nitrogen and oxygen atoms in total. The van der Waals surface area contributed by atoms with E-state index in [1.165, 1.54) is 6.92 Å². The third-order valence-corrected chi connectivity index (χ3v) is 1.32. The van der Waals surface area contributed by atoms with Gasteiger partial charge in [-0.05, 0) is 6.92 Å². The SMILES string of the molecule is C=CC(C)(C)C=CC(C)F. The lowest BCUT2D eigenvalue weighted by atomic mass is 9.93. The van der Waals surface area contributed by atoms with Gasteiger partial charge in [0.1, 0.15) is 6.17 Å². The molecule has 0 aromatic heterocycles. The first-order chi connectivity index (χ1) is 4.48. The average molecular weight is 142 g/mol. The van der Waals surface area contributed by atoms with E-state index in [0.717, 1.165) is 0 Å². The normalized spacial score (nSPS) is 15.6. The molecule has 0 aliphatic rings. The minimum Gasteiger partial charge on any atom is -0.243 e. The predicted molar refractivity (Wildman–Crippen MR) is 43.7 cm³/mol.